The second-order valence-corrected chi connectivity index (χ2v) is 6.04. The van der Waals surface area contributed by atoms with Gasteiger partial charge in [-0.1, -0.05) is 42.5 Å². The van der Waals surface area contributed by atoms with Crippen LogP contribution in [-0.4, -0.2) is 28.3 Å². The lowest BCUT2D eigenvalue weighted by atomic mass is 10.1. The molecular formula is C20H19N3O3. The topological polar surface area (TPSA) is 78.8 Å². The van der Waals surface area contributed by atoms with Crippen LogP contribution in [0.25, 0.3) is 0 Å². The fourth-order valence-corrected chi connectivity index (χ4v) is 2.74. The summed E-state index contributed by atoms with van der Waals surface area (Å²) in [5.41, 5.74) is 2.10. The van der Waals surface area contributed by atoms with E-state index in [4.69, 9.17) is 0 Å². The van der Waals surface area contributed by atoms with Crippen LogP contribution in [-0.2, 0) is 16.1 Å². The predicted octanol–water partition coefficient (Wildman–Crippen LogP) is 3.01. The van der Waals surface area contributed by atoms with E-state index in [-0.39, 0.29) is 30.2 Å². The molecule has 0 saturated heterocycles. The molecule has 0 saturated carbocycles. The van der Waals surface area contributed by atoms with Crippen LogP contribution in [0, 0.1) is 0 Å². The molecule has 0 radical (unpaired) electrons. The van der Waals surface area contributed by atoms with Gasteiger partial charge in [0.2, 0.25) is 5.91 Å². The molecule has 6 heteroatoms. The number of Topliss-reactive ketones (excluding diaryl/α,β-unsaturated/α-hetero) is 1. The van der Waals surface area contributed by atoms with Crippen LogP contribution in [0.15, 0.2) is 59.7 Å². The van der Waals surface area contributed by atoms with Gasteiger partial charge >= 0.3 is 0 Å². The van der Waals surface area contributed by atoms with Gasteiger partial charge in [-0.25, -0.2) is 5.01 Å². The van der Waals surface area contributed by atoms with Crippen molar-refractivity contribution < 1.29 is 14.4 Å². The maximum atomic E-state index is 12.6. The molecule has 26 heavy (non-hydrogen) atoms. The number of ketones is 1. The molecule has 3 rings (SSSR count). The van der Waals surface area contributed by atoms with E-state index in [2.05, 4.69) is 10.4 Å². The van der Waals surface area contributed by atoms with Gasteiger partial charge in [0.25, 0.3) is 5.91 Å². The average Bonchev–Trinajstić information content (AvgIpc) is 2.64. The Hall–Kier alpha value is -3.28. The highest BCUT2D eigenvalue weighted by molar-refractivity contribution is 6.43. The molecule has 2 aromatic rings. The number of para-hydroxylation sites is 1. The van der Waals surface area contributed by atoms with Gasteiger partial charge in [-0.3, -0.25) is 14.4 Å². The van der Waals surface area contributed by atoms with E-state index in [0.717, 1.165) is 5.56 Å². The number of nitrogens with one attached hydrogen (secondary N) is 1. The smallest absolute Gasteiger partial charge is 0.271 e. The van der Waals surface area contributed by atoms with Gasteiger partial charge in [0.15, 0.2) is 5.78 Å². The third kappa shape index (κ3) is 4.03. The van der Waals surface area contributed by atoms with E-state index in [9.17, 15) is 14.4 Å². The number of carbonyl (C=O) groups is 3. The zero-order chi connectivity index (χ0) is 18.5. The Labute approximate surface area is 151 Å². The SMILES string of the molecule is CC(=O)c1ccccc1NC(=O)C1=NN(Cc2ccccc2)C(=O)CC1. The number of benzene rings is 2. The largest absolute Gasteiger partial charge is 0.320 e. The minimum atomic E-state index is -0.399. The first-order valence-electron chi connectivity index (χ1n) is 8.37. The number of carbonyl (C=O) groups excluding carboxylic acids is 3. The number of rotatable bonds is 5. The molecule has 1 N–H and O–H groups in total. The van der Waals surface area contributed by atoms with E-state index < -0.39 is 5.91 Å². The highest BCUT2D eigenvalue weighted by Gasteiger charge is 2.25. The molecule has 2 aromatic carbocycles. The lowest BCUT2D eigenvalue weighted by Gasteiger charge is -2.23. The van der Waals surface area contributed by atoms with E-state index >= 15 is 0 Å². The normalized spacial score (nSPS) is 14.0. The summed E-state index contributed by atoms with van der Waals surface area (Å²) in [5, 5.41) is 8.29. The van der Waals surface area contributed by atoms with Crippen LogP contribution < -0.4 is 5.32 Å². The maximum Gasteiger partial charge on any atom is 0.271 e. The monoisotopic (exact) mass is 349 g/mol. The van der Waals surface area contributed by atoms with Crippen LogP contribution >= 0.6 is 0 Å². The molecule has 6 nitrogen and oxygen atoms in total. The first-order valence-corrected chi connectivity index (χ1v) is 8.37. The van der Waals surface area contributed by atoms with E-state index in [1.165, 1.54) is 11.9 Å². The molecule has 2 amide bonds. The summed E-state index contributed by atoms with van der Waals surface area (Å²) in [4.78, 5) is 36.4. The molecule has 0 bridgehead atoms. The maximum absolute atomic E-state index is 12.6. The second kappa shape index (κ2) is 7.74. The summed E-state index contributed by atoms with van der Waals surface area (Å²) >= 11 is 0. The summed E-state index contributed by atoms with van der Waals surface area (Å²) in [7, 11) is 0. The number of anilines is 1. The van der Waals surface area contributed by atoms with Gasteiger partial charge < -0.3 is 5.32 Å². The first kappa shape index (κ1) is 17.5. The number of hydrogen-bond acceptors (Lipinski definition) is 4. The summed E-state index contributed by atoms with van der Waals surface area (Å²) < 4.78 is 0. The lowest BCUT2D eigenvalue weighted by molar-refractivity contribution is -0.132. The number of nitrogens with zero attached hydrogens (tertiary/aromatic N) is 2. The lowest BCUT2D eigenvalue weighted by Crippen LogP contribution is -2.36. The average molecular weight is 349 g/mol. The molecule has 1 aliphatic heterocycles. The molecular weight excluding hydrogens is 330 g/mol. The Morgan fingerprint density at radius 3 is 2.46 bits per heavy atom. The van der Waals surface area contributed by atoms with Crippen LogP contribution in [0.1, 0.15) is 35.7 Å². The van der Waals surface area contributed by atoms with Crippen LogP contribution in [0.3, 0.4) is 0 Å². The molecule has 0 fully saturated rings. The first-order chi connectivity index (χ1) is 12.5. The Morgan fingerprint density at radius 1 is 1.04 bits per heavy atom. The standard InChI is InChI=1S/C20H19N3O3/c1-14(24)16-9-5-6-10-17(16)21-20(26)18-11-12-19(25)23(22-18)13-15-7-3-2-4-8-15/h2-10H,11-13H2,1H3,(H,21,26). The molecule has 0 aliphatic carbocycles. The Bertz CT molecular complexity index is 875. The van der Waals surface area contributed by atoms with Crippen molar-refractivity contribution >= 4 is 29.0 Å². The van der Waals surface area contributed by atoms with E-state index in [1.54, 1.807) is 24.3 Å². The van der Waals surface area contributed by atoms with Crippen molar-refractivity contribution in [2.45, 2.75) is 26.3 Å². The van der Waals surface area contributed by atoms with Crippen molar-refractivity contribution in [1.82, 2.24) is 5.01 Å². The highest BCUT2D eigenvalue weighted by Crippen LogP contribution is 2.18. The third-order valence-corrected chi connectivity index (χ3v) is 4.10. The Morgan fingerprint density at radius 2 is 1.73 bits per heavy atom. The van der Waals surface area contributed by atoms with Gasteiger partial charge in [-0.2, -0.15) is 5.10 Å². The predicted molar refractivity (Wildman–Crippen MR) is 98.7 cm³/mol. The second-order valence-electron chi connectivity index (χ2n) is 6.04. The molecule has 0 spiro atoms. The number of amides is 2. The molecule has 1 heterocycles. The zero-order valence-corrected chi connectivity index (χ0v) is 14.4. The van der Waals surface area contributed by atoms with Crippen LogP contribution in [0.4, 0.5) is 5.69 Å². The minimum Gasteiger partial charge on any atom is -0.320 e. The molecule has 1 aliphatic rings. The Kier molecular flexibility index (Phi) is 5.22. The van der Waals surface area contributed by atoms with Crippen molar-refractivity contribution in [2.24, 2.45) is 5.10 Å². The van der Waals surface area contributed by atoms with Gasteiger partial charge in [0.1, 0.15) is 5.71 Å². The quantitative estimate of drug-likeness (QED) is 0.843. The molecule has 0 atom stereocenters. The van der Waals surface area contributed by atoms with Gasteiger partial charge in [-0.05, 0) is 24.6 Å². The Balaban J connectivity index is 1.77. The number of hydrazone groups is 1. The summed E-state index contributed by atoms with van der Waals surface area (Å²) in [6, 6.07) is 16.3. The zero-order valence-electron chi connectivity index (χ0n) is 14.4. The van der Waals surface area contributed by atoms with Crippen LogP contribution in [0.2, 0.25) is 0 Å². The summed E-state index contributed by atoms with van der Waals surface area (Å²) in [5.74, 6) is -0.647. The fourth-order valence-electron chi connectivity index (χ4n) is 2.74. The van der Waals surface area contributed by atoms with Gasteiger partial charge in [0, 0.05) is 18.4 Å². The molecule has 0 unspecified atom stereocenters. The molecule has 0 aromatic heterocycles. The fraction of sp³-hybridized carbons (Fsp3) is 0.200. The molecule has 132 valence electrons. The third-order valence-electron chi connectivity index (χ3n) is 4.10. The van der Waals surface area contributed by atoms with Crippen molar-refractivity contribution in [2.75, 3.05) is 5.32 Å². The van der Waals surface area contributed by atoms with Crippen molar-refractivity contribution in [3.05, 3.63) is 65.7 Å². The van der Waals surface area contributed by atoms with Crippen molar-refractivity contribution in [3.8, 4) is 0 Å². The highest BCUT2D eigenvalue weighted by atomic mass is 16.2. The number of hydrogen-bond donors (Lipinski definition) is 1. The van der Waals surface area contributed by atoms with Gasteiger partial charge in [-0.15, -0.1) is 0 Å². The van der Waals surface area contributed by atoms with E-state index in [0.29, 0.717) is 17.8 Å². The van der Waals surface area contributed by atoms with Crippen LogP contribution in [0.5, 0.6) is 0 Å². The summed E-state index contributed by atoms with van der Waals surface area (Å²) in [6.07, 6.45) is 0.506. The van der Waals surface area contributed by atoms with Gasteiger partial charge in [0.05, 0.1) is 12.2 Å². The van der Waals surface area contributed by atoms with Crippen molar-refractivity contribution in [3.63, 3.8) is 0 Å². The van der Waals surface area contributed by atoms with Crippen molar-refractivity contribution in [1.29, 1.82) is 0 Å². The summed E-state index contributed by atoms with van der Waals surface area (Å²) in [6.45, 7) is 1.77. The minimum absolute atomic E-state index is 0.116. The van der Waals surface area contributed by atoms with E-state index in [1.807, 2.05) is 30.3 Å².